The molecule has 122 valence electrons. The highest BCUT2D eigenvalue weighted by Crippen LogP contribution is 2.39. The molecule has 1 N–H and O–H groups in total. The highest BCUT2D eigenvalue weighted by molar-refractivity contribution is 4.90. The molecule has 2 saturated carbocycles. The van der Waals surface area contributed by atoms with E-state index in [2.05, 4.69) is 31.0 Å². The Morgan fingerprint density at radius 1 is 0.857 bits per heavy atom. The first-order valence-electron chi connectivity index (χ1n) is 9.47. The molecule has 0 bridgehead atoms. The van der Waals surface area contributed by atoms with Gasteiger partial charge >= 0.3 is 0 Å². The van der Waals surface area contributed by atoms with Crippen LogP contribution in [0.1, 0.15) is 65.7 Å². The summed E-state index contributed by atoms with van der Waals surface area (Å²) in [4.78, 5) is 2.74. The van der Waals surface area contributed by atoms with Crippen molar-refractivity contribution in [1.29, 1.82) is 0 Å². The van der Waals surface area contributed by atoms with Crippen molar-refractivity contribution in [2.45, 2.75) is 71.8 Å². The van der Waals surface area contributed by atoms with Crippen LogP contribution in [0.5, 0.6) is 0 Å². The molecule has 2 heteroatoms. The number of hydrogen-bond acceptors (Lipinski definition) is 2. The van der Waals surface area contributed by atoms with Crippen LogP contribution >= 0.6 is 0 Å². The third-order valence-corrected chi connectivity index (χ3v) is 6.32. The maximum Gasteiger partial charge on any atom is 0.00965 e. The maximum absolute atomic E-state index is 3.80. The highest BCUT2D eigenvalue weighted by Gasteiger charge is 2.34. The van der Waals surface area contributed by atoms with Crippen LogP contribution < -0.4 is 5.32 Å². The molecule has 0 aromatic carbocycles. The van der Waals surface area contributed by atoms with Gasteiger partial charge in [0.15, 0.2) is 0 Å². The van der Waals surface area contributed by atoms with Crippen LogP contribution in [-0.4, -0.2) is 37.1 Å². The van der Waals surface area contributed by atoms with Crippen molar-refractivity contribution in [3.63, 3.8) is 0 Å². The first-order chi connectivity index (χ1) is 10.0. The van der Waals surface area contributed by atoms with Crippen LogP contribution in [0.4, 0.5) is 0 Å². The zero-order chi connectivity index (χ0) is 14.9. The number of nitrogens with zero attached hydrogens (tertiary/aromatic N) is 1. The molecule has 1 heterocycles. The quantitative estimate of drug-likeness (QED) is 0.826. The van der Waals surface area contributed by atoms with Gasteiger partial charge in [-0.1, -0.05) is 20.8 Å². The Hall–Kier alpha value is -0.0800. The predicted molar refractivity (Wildman–Crippen MR) is 90.5 cm³/mol. The summed E-state index contributed by atoms with van der Waals surface area (Å²) < 4.78 is 0. The minimum absolute atomic E-state index is 0.522. The molecule has 3 fully saturated rings. The predicted octanol–water partition coefficient (Wildman–Crippen LogP) is 3.91. The van der Waals surface area contributed by atoms with Gasteiger partial charge in [-0.3, -0.25) is 0 Å². The minimum Gasteiger partial charge on any atom is -0.316 e. The van der Waals surface area contributed by atoms with Gasteiger partial charge in [0.25, 0.3) is 0 Å². The molecule has 0 amide bonds. The summed E-state index contributed by atoms with van der Waals surface area (Å²) in [6.07, 6.45) is 10.2. The van der Waals surface area contributed by atoms with Crippen molar-refractivity contribution >= 4 is 0 Å². The summed E-state index contributed by atoms with van der Waals surface area (Å²) in [5.41, 5.74) is 0.522. The van der Waals surface area contributed by atoms with Crippen molar-refractivity contribution in [3.8, 4) is 0 Å². The van der Waals surface area contributed by atoms with Crippen LogP contribution in [-0.2, 0) is 0 Å². The van der Waals surface area contributed by atoms with Gasteiger partial charge in [0.1, 0.15) is 0 Å². The van der Waals surface area contributed by atoms with Crippen LogP contribution in [0.3, 0.4) is 0 Å². The first-order valence-corrected chi connectivity index (χ1v) is 9.47. The van der Waals surface area contributed by atoms with Gasteiger partial charge in [-0.2, -0.15) is 0 Å². The maximum atomic E-state index is 3.80. The fourth-order valence-electron chi connectivity index (χ4n) is 4.52. The summed E-state index contributed by atoms with van der Waals surface area (Å²) >= 11 is 0. The van der Waals surface area contributed by atoms with E-state index >= 15 is 0 Å². The monoisotopic (exact) mass is 292 g/mol. The van der Waals surface area contributed by atoms with E-state index in [1.807, 2.05) is 0 Å². The molecule has 2 aliphatic carbocycles. The second-order valence-corrected chi connectivity index (χ2v) is 9.12. The molecule has 1 saturated heterocycles. The smallest absolute Gasteiger partial charge is 0.00965 e. The SMILES string of the molecule is CC(C)(C)C1CCC(CNCC2CCN(C3CC3)C2)CC1. The molecule has 3 aliphatic rings. The van der Waals surface area contributed by atoms with Crippen LogP contribution in [0, 0.1) is 23.2 Å². The summed E-state index contributed by atoms with van der Waals surface area (Å²) in [5.74, 6) is 2.83. The van der Waals surface area contributed by atoms with Gasteiger partial charge in [-0.15, -0.1) is 0 Å². The molecular formula is C19H36N2. The van der Waals surface area contributed by atoms with E-state index in [0.717, 1.165) is 23.8 Å². The third kappa shape index (κ3) is 4.45. The van der Waals surface area contributed by atoms with Crippen LogP contribution in [0.15, 0.2) is 0 Å². The Morgan fingerprint density at radius 3 is 2.14 bits per heavy atom. The average molecular weight is 293 g/mol. The van der Waals surface area contributed by atoms with Crippen LogP contribution in [0.2, 0.25) is 0 Å². The van der Waals surface area contributed by atoms with E-state index in [0.29, 0.717) is 5.41 Å². The van der Waals surface area contributed by atoms with Gasteiger partial charge in [-0.25, -0.2) is 0 Å². The largest absolute Gasteiger partial charge is 0.316 e. The Labute approximate surface area is 132 Å². The van der Waals surface area contributed by atoms with Gasteiger partial charge in [0, 0.05) is 12.6 Å². The lowest BCUT2D eigenvalue weighted by Gasteiger charge is -2.37. The number of likely N-dealkylation sites (tertiary alicyclic amines) is 1. The molecule has 2 nitrogen and oxygen atoms in total. The Balaban J connectivity index is 1.28. The van der Waals surface area contributed by atoms with Gasteiger partial charge in [-0.05, 0) is 87.7 Å². The molecule has 1 aliphatic heterocycles. The molecule has 1 unspecified atom stereocenters. The van der Waals surface area contributed by atoms with Crippen molar-refractivity contribution in [2.75, 3.05) is 26.2 Å². The molecule has 3 rings (SSSR count). The Kier molecular flexibility index (Phi) is 4.95. The zero-order valence-corrected chi connectivity index (χ0v) is 14.5. The highest BCUT2D eigenvalue weighted by atomic mass is 15.2. The average Bonchev–Trinajstić information content (AvgIpc) is 3.19. The van der Waals surface area contributed by atoms with E-state index in [4.69, 9.17) is 0 Å². The van der Waals surface area contributed by atoms with Gasteiger partial charge in [0.05, 0.1) is 0 Å². The lowest BCUT2D eigenvalue weighted by molar-refractivity contribution is 0.148. The van der Waals surface area contributed by atoms with E-state index in [1.54, 1.807) is 0 Å². The number of hydrogen-bond donors (Lipinski definition) is 1. The molecule has 0 aromatic heterocycles. The molecule has 21 heavy (non-hydrogen) atoms. The van der Waals surface area contributed by atoms with Gasteiger partial charge < -0.3 is 10.2 Å². The zero-order valence-electron chi connectivity index (χ0n) is 14.5. The molecule has 0 aromatic rings. The fourth-order valence-corrected chi connectivity index (χ4v) is 4.52. The van der Waals surface area contributed by atoms with Crippen LogP contribution in [0.25, 0.3) is 0 Å². The summed E-state index contributed by atoms with van der Waals surface area (Å²) in [6.45, 7) is 12.5. The van der Waals surface area contributed by atoms with Crippen molar-refractivity contribution in [3.05, 3.63) is 0 Å². The number of nitrogens with one attached hydrogen (secondary N) is 1. The first kappa shape index (κ1) is 15.8. The topological polar surface area (TPSA) is 15.3 Å². The standard InChI is InChI=1S/C19H36N2/c1-19(2,3)17-6-4-15(5-7-17)12-20-13-16-10-11-21(14-16)18-8-9-18/h15-18,20H,4-14H2,1-3H3. The third-order valence-electron chi connectivity index (χ3n) is 6.32. The lowest BCUT2D eigenvalue weighted by Crippen LogP contribution is -2.33. The normalized spacial score (nSPS) is 35.3. The van der Waals surface area contributed by atoms with E-state index < -0.39 is 0 Å². The molecule has 0 spiro atoms. The molecule has 1 atom stereocenters. The van der Waals surface area contributed by atoms with Crippen molar-refractivity contribution in [1.82, 2.24) is 10.2 Å². The number of rotatable bonds is 5. The Morgan fingerprint density at radius 2 is 1.52 bits per heavy atom. The lowest BCUT2D eigenvalue weighted by atomic mass is 9.70. The Bertz CT molecular complexity index is 321. The van der Waals surface area contributed by atoms with Gasteiger partial charge in [0.2, 0.25) is 0 Å². The molecule has 0 radical (unpaired) electrons. The summed E-state index contributed by atoms with van der Waals surface area (Å²) in [6, 6.07) is 0.975. The van der Waals surface area contributed by atoms with E-state index in [-0.39, 0.29) is 0 Å². The summed E-state index contributed by atoms with van der Waals surface area (Å²) in [7, 11) is 0. The second kappa shape index (κ2) is 6.58. The second-order valence-electron chi connectivity index (χ2n) is 9.12. The van der Waals surface area contributed by atoms with E-state index in [1.165, 1.54) is 71.1 Å². The minimum atomic E-state index is 0.522. The van der Waals surface area contributed by atoms with Crippen molar-refractivity contribution in [2.24, 2.45) is 23.2 Å². The molecular weight excluding hydrogens is 256 g/mol. The van der Waals surface area contributed by atoms with E-state index in [9.17, 15) is 0 Å². The van der Waals surface area contributed by atoms with Crippen molar-refractivity contribution < 1.29 is 0 Å². The summed E-state index contributed by atoms with van der Waals surface area (Å²) in [5, 5.41) is 3.80. The fraction of sp³-hybridized carbons (Fsp3) is 1.00.